The van der Waals surface area contributed by atoms with E-state index >= 15 is 0 Å². The zero-order valence-electron chi connectivity index (χ0n) is 25.4. The van der Waals surface area contributed by atoms with Gasteiger partial charge in [0.2, 0.25) is 5.91 Å². The monoisotopic (exact) mass is 586 g/mol. The number of carbonyl (C=O) groups is 3. The average Bonchev–Trinajstić information content (AvgIpc) is 3.05. The van der Waals surface area contributed by atoms with E-state index < -0.39 is 0 Å². The zero-order chi connectivity index (χ0) is 30.8. The summed E-state index contributed by atoms with van der Waals surface area (Å²) in [5.74, 6) is 1.10. The van der Waals surface area contributed by atoms with Crippen molar-refractivity contribution in [2.45, 2.75) is 45.2 Å². The summed E-state index contributed by atoms with van der Waals surface area (Å²) in [6, 6.07) is 15.3. The first-order valence-electron chi connectivity index (χ1n) is 14.8. The lowest BCUT2D eigenvalue weighted by atomic mass is 9.88. The Balaban J connectivity index is 1.24. The minimum atomic E-state index is -0.252. The van der Waals surface area contributed by atoms with Gasteiger partial charge in [0.25, 0.3) is 5.91 Å². The molecule has 4 rings (SSSR count). The molecular formula is C34H42N4O5. The summed E-state index contributed by atoms with van der Waals surface area (Å²) in [5.41, 5.74) is 2.53. The summed E-state index contributed by atoms with van der Waals surface area (Å²) in [4.78, 5) is 46.9. The molecule has 2 aliphatic heterocycles. The number of rotatable bonds is 11. The van der Waals surface area contributed by atoms with Gasteiger partial charge < -0.3 is 19.7 Å². The van der Waals surface area contributed by atoms with Gasteiger partial charge in [-0.1, -0.05) is 18.2 Å². The van der Waals surface area contributed by atoms with E-state index in [4.69, 9.17) is 9.47 Å². The highest BCUT2D eigenvalue weighted by Crippen LogP contribution is 2.24. The maximum Gasteiger partial charge on any atom is 0.272 e. The molecule has 0 aliphatic carbocycles. The third-order valence-electron chi connectivity index (χ3n) is 8.23. The lowest BCUT2D eigenvalue weighted by Gasteiger charge is -2.32. The van der Waals surface area contributed by atoms with Crippen molar-refractivity contribution in [2.24, 2.45) is 10.9 Å². The molecule has 0 aromatic heterocycles. The first kappa shape index (κ1) is 31.7. The van der Waals surface area contributed by atoms with Crippen LogP contribution in [0.5, 0.6) is 11.5 Å². The van der Waals surface area contributed by atoms with Gasteiger partial charge in [-0.15, -0.1) is 0 Å². The minimum absolute atomic E-state index is 0.0828. The molecule has 2 amide bonds. The van der Waals surface area contributed by atoms with Gasteiger partial charge in [-0.3, -0.25) is 24.3 Å². The van der Waals surface area contributed by atoms with E-state index in [2.05, 4.69) is 34.1 Å². The highest BCUT2D eigenvalue weighted by atomic mass is 16.5. The zero-order valence-corrected chi connectivity index (χ0v) is 25.4. The van der Waals surface area contributed by atoms with E-state index in [0.717, 1.165) is 38.2 Å². The molecule has 43 heavy (non-hydrogen) atoms. The number of methoxy groups -OCH3 is 2. The van der Waals surface area contributed by atoms with Crippen LogP contribution in [0.15, 0.2) is 76.9 Å². The second-order valence-corrected chi connectivity index (χ2v) is 11.1. The number of ketones is 1. The largest absolute Gasteiger partial charge is 0.497 e. The predicted molar refractivity (Wildman–Crippen MR) is 167 cm³/mol. The fourth-order valence-electron chi connectivity index (χ4n) is 5.53. The maximum absolute atomic E-state index is 13.1. The van der Waals surface area contributed by atoms with Gasteiger partial charge in [-0.05, 0) is 87.4 Å². The molecule has 9 nitrogen and oxygen atoms in total. The molecule has 2 aromatic carbocycles. The molecule has 2 heterocycles. The Labute approximate surface area is 254 Å². The number of piperidine rings is 2. The number of hydrogen-bond donors (Lipinski definition) is 1. The number of benzene rings is 2. The van der Waals surface area contributed by atoms with Crippen LogP contribution in [0.25, 0.3) is 0 Å². The molecule has 0 unspecified atom stereocenters. The molecule has 0 atom stereocenters. The Kier molecular flexibility index (Phi) is 11.3. The van der Waals surface area contributed by atoms with Crippen molar-refractivity contribution < 1.29 is 23.9 Å². The lowest BCUT2D eigenvalue weighted by molar-refractivity contribution is -0.128. The number of amides is 2. The van der Waals surface area contributed by atoms with Gasteiger partial charge >= 0.3 is 0 Å². The van der Waals surface area contributed by atoms with Crippen LogP contribution < -0.4 is 14.8 Å². The van der Waals surface area contributed by atoms with Gasteiger partial charge in [-0.2, -0.15) is 0 Å². The minimum Gasteiger partial charge on any atom is -0.497 e. The van der Waals surface area contributed by atoms with E-state index in [0.29, 0.717) is 42.8 Å². The molecular weight excluding hydrogens is 544 g/mol. The molecule has 228 valence electrons. The van der Waals surface area contributed by atoms with Gasteiger partial charge in [-0.25, -0.2) is 0 Å². The number of hydrogen-bond acceptors (Lipinski definition) is 7. The number of carbonyl (C=O) groups excluding carboxylic acids is 3. The van der Waals surface area contributed by atoms with Crippen molar-refractivity contribution in [3.05, 3.63) is 83.1 Å². The summed E-state index contributed by atoms with van der Waals surface area (Å²) < 4.78 is 10.5. The lowest BCUT2D eigenvalue weighted by Crippen LogP contribution is -2.44. The van der Waals surface area contributed by atoms with Crippen molar-refractivity contribution in [3.63, 3.8) is 0 Å². The Bertz CT molecular complexity index is 1350. The first-order chi connectivity index (χ1) is 20.8. The summed E-state index contributed by atoms with van der Waals surface area (Å²) in [6.45, 7) is 8.85. The van der Waals surface area contributed by atoms with Crippen LogP contribution in [0.2, 0.25) is 0 Å². The number of allylic oxidation sites excluding steroid dienone is 2. The van der Waals surface area contributed by atoms with Crippen molar-refractivity contribution in [2.75, 3.05) is 40.4 Å². The van der Waals surface area contributed by atoms with Crippen molar-refractivity contribution in [1.82, 2.24) is 15.1 Å². The summed E-state index contributed by atoms with van der Waals surface area (Å²) >= 11 is 0. The molecule has 0 radical (unpaired) electrons. The number of aliphatic imine (C=N–C) groups is 1. The highest BCUT2D eigenvalue weighted by molar-refractivity contribution is 5.99. The first-order valence-corrected chi connectivity index (χ1v) is 14.8. The van der Waals surface area contributed by atoms with E-state index in [9.17, 15) is 14.4 Å². The molecule has 2 fully saturated rings. The number of Topliss-reactive ketones (excluding diaryl/α,β-unsaturated/α-hetero) is 1. The molecule has 9 heteroatoms. The van der Waals surface area contributed by atoms with Crippen molar-refractivity contribution >= 4 is 24.3 Å². The van der Waals surface area contributed by atoms with Crippen LogP contribution in [0, 0.1) is 5.92 Å². The molecule has 2 saturated heterocycles. The number of nitrogens with one attached hydrogen (secondary N) is 1. The van der Waals surface area contributed by atoms with Gasteiger partial charge in [0.05, 0.1) is 14.2 Å². The van der Waals surface area contributed by atoms with Gasteiger partial charge in [0.1, 0.15) is 17.2 Å². The molecule has 0 bridgehead atoms. The topological polar surface area (TPSA) is 101 Å². The summed E-state index contributed by atoms with van der Waals surface area (Å²) in [6.07, 6.45) is 6.07. The smallest absolute Gasteiger partial charge is 0.272 e. The van der Waals surface area contributed by atoms with Gasteiger partial charge in [0.15, 0.2) is 5.78 Å². The Hall–Kier alpha value is -4.24. The Morgan fingerprint density at radius 3 is 2.23 bits per heavy atom. The third kappa shape index (κ3) is 8.64. The van der Waals surface area contributed by atoms with Crippen LogP contribution in [0.4, 0.5) is 0 Å². The standard InChI is InChI=1S/C34H42N4O5/c1-24(33(40)36-28-16-18-37(19-17-28)23-25-6-5-7-30(22-25)43-4)8-13-31(35-2)34(41)38-20-14-27(15-21-38)32(39)26-9-11-29(42-3)12-10-26/h5-13,22,27-28H,2,14-21,23H2,1,3-4H3,(H,36,40)/b24-8+,31-13-. The second kappa shape index (κ2) is 15.3. The molecule has 2 aromatic rings. The van der Waals surface area contributed by atoms with Crippen LogP contribution >= 0.6 is 0 Å². The van der Waals surface area contributed by atoms with Crippen LogP contribution in [0.3, 0.4) is 0 Å². The van der Waals surface area contributed by atoms with Crippen LogP contribution in [-0.4, -0.2) is 80.6 Å². The molecule has 0 spiro atoms. The van der Waals surface area contributed by atoms with Crippen molar-refractivity contribution in [1.29, 1.82) is 0 Å². The maximum atomic E-state index is 13.1. The van der Waals surface area contributed by atoms with E-state index in [1.54, 1.807) is 62.5 Å². The number of nitrogens with zero attached hydrogens (tertiary/aromatic N) is 3. The van der Waals surface area contributed by atoms with Gasteiger partial charge in [0, 0.05) is 55.8 Å². The number of likely N-dealkylation sites (tertiary alicyclic amines) is 2. The van der Waals surface area contributed by atoms with E-state index in [-0.39, 0.29) is 35.3 Å². The summed E-state index contributed by atoms with van der Waals surface area (Å²) in [5, 5.41) is 3.13. The highest BCUT2D eigenvalue weighted by Gasteiger charge is 2.29. The fourth-order valence-corrected chi connectivity index (χ4v) is 5.53. The quantitative estimate of drug-likeness (QED) is 0.181. The van der Waals surface area contributed by atoms with E-state index in [1.165, 1.54) is 5.56 Å². The molecule has 0 saturated carbocycles. The third-order valence-corrected chi connectivity index (χ3v) is 8.23. The Morgan fingerprint density at radius 2 is 1.60 bits per heavy atom. The fraction of sp³-hybridized carbons (Fsp3) is 0.412. The number of ether oxygens (including phenoxy) is 2. The molecule has 1 N–H and O–H groups in total. The SMILES string of the molecule is C=N/C(=C\C=C(/C)C(=O)NC1CCN(Cc2cccc(OC)c2)CC1)C(=O)N1CCC(C(=O)c2ccc(OC)cc2)CC1. The van der Waals surface area contributed by atoms with E-state index in [1.807, 2.05) is 12.1 Å². The molecule has 2 aliphatic rings. The van der Waals surface area contributed by atoms with Crippen LogP contribution in [0.1, 0.15) is 48.5 Å². The average molecular weight is 587 g/mol. The van der Waals surface area contributed by atoms with Crippen molar-refractivity contribution in [3.8, 4) is 11.5 Å². The second-order valence-electron chi connectivity index (χ2n) is 11.1. The predicted octanol–water partition coefficient (Wildman–Crippen LogP) is 4.44. The van der Waals surface area contributed by atoms with Crippen LogP contribution in [-0.2, 0) is 16.1 Å². The normalized spacial score (nSPS) is 17.3. The summed E-state index contributed by atoms with van der Waals surface area (Å²) in [7, 11) is 3.26. The Morgan fingerprint density at radius 1 is 0.930 bits per heavy atom.